The Morgan fingerprint density at radius 2 is 2.20 bits per heavy atom. The Kier molecular flexibility index (Phi) is 3.02. The zero-order valence-corrected chi connectivity index (χ0v) is 8.95. The Morgan fingerprint density at radius 1 is 1.40 bits per heavy atom. The van der Waals surface area contributed by atoms with E-state index in [9.17, 15) is 9.59 Å². The van der Waals surface area contributed by atoms with Crippen LogP contribution in [0.25, 0.3) is 0 Å². The van der Waals surface area contributed by atoms with Crippen molar-refractivity contribution in [3.63, 3.8) is 0 Å². The summed E-state index contributed by atoms with van der Waals surface area (Å²) in [6.07, 6.45) is 2.16. The van der Waals surface area contributed by atoms with Crippen LogP contribution in [-0.4, -0.2) is 48.9 Å². The first kappa shape index (κ1) is 10.6. The third-order valence-electron chi connectivity index (χ3n) is 3.07. The number of hydrogen-bond donors (Lipinski definition) is 2. The summed E-state index contributed by atoms with van der Waals surface area (Å²) in [4.78, 5) is 24.6. The van der Waals surface area contributed by atoms with Crippen LogP contribution in [0.1, 0.15) is 19.3 Å². The third-order valence-corrected chi connectivity index (χ3v) is 3.07. The van der Waals surface area contributed by atoms with Crippen molar-refractivity contribution in [2.75, 3.05) is 20.1 Å². The minimum Gasteiger partial charge on any atom is -0.305 e. The zero-order valence-electron chi connectivity index (χ0n) is 8.95. The second-order valence-electron chi connectivity index (χ2n) is 4.42. The molecule has 15 heavy (non-hydrogen) atoms. The van der Waals surface area contributed by atoms with Gasteiger partial charge >= 0.3 is 0 Å². The largest absolute Gasteiger partial charge is 0.305 e. The second kappa shape index (κ2) is 4.28. The van der Waals surface area contributed by atoms with Crippen molar-refractivity contribution in [3.05, 3.63) is 0 Å². The molecule has 2 amide bonds. The van der Waals surface area contributed by atoms with Crippen LogP contribution in [0, 0.1) is 0 Å². The Labute approximate surface area is 89.2 Å². The minimum absolute atomic E-state index is 0.151. The fraction of sp³-hybridized carbons (Fsp3) is 0.800. The average molecular weight is 211 g/mol. The summed E-state index contributed by atoms with van der Waals surface area (Å²) >= 11 is 0. The van der Waals surface area contributed by atoms with Crippen molar-refractivity contribution in [1.29, 1.82) is 0 Å². The van der Waals surface area contributed by atoms with Crippen LogP contribution in [0.4, 0.5) is 0 Å². The third kappa shape index (κ3) is 2.54. The lowest BCUT2D eigenvalue weighted by Gasteiger charge is -2.25. The number of nitrogens with zero attached hydrogens (tertiary/aromatic N) is 1. The molecule has 5 heteroatoms. The molecule has 0 saturated carbocycles. The van der Waals surface area contributed by atoms with Crippen LogP contribution in [-0.2, 0) is 9.59 Å². The van der Waals surface area contributed by atoms with E-state index in [1.807, 2.05) is 0 Å². The topological polar surface area (TPSA) is 61.4 Å². The molecule has 5 nitrogen and oxygen atoms in total. The molecule has 2 atom stereocenters. The lowest BCUT2D eigenvalue weighted by Crippen LogP contribution is -2.53. The van der Waals surface area contributed by atoms with E-state index in [2.05, 4.69) is 22.6 Å². The smallest absolute Gasteiger partial charge is 0.243 e. The van der Waals surface area contributed by atoms with Gasteiger partial charge in [0.2, 0.25) is 11.8 Å². The quantitative estimate of drug-likeness (QED) is 0.580. The van der Waals surface area contributed by atoms with E-state index in [-0.39, 0.29) is 17.9 Å². The highest BCUT2D eigenvalue weighted by atomic mass is 16.2. The van der Waals surface area contributed by atoms with Gasteiger partial charge in [-0.15, -0.1) is 0 Å². The molecule has 2 aliphatic heterocycles. The van der Waals surface area contributed by atoms with Crippen LogP contribution in [0.15, 0.2) is 0 Å². The maximum absolute atomic E-state index is 11.5. The Balaban J connectivity index is 1.84. The predicted molar refractivity (Wildman–Crippen MR) is 55.2 cm³/mol. The lowest BCUT2D eigenvalue weighted by atomic mass is 10.0. The fourth-order valence-electron chi connectivity index (χ4n) is 2.21. The number of rotatable bonds is 2. The number of carbonyl (C=O) groups excluding carboxylic acids is 2. The summed E-state index contributed by atoms with van der Waals surface area (Å²) in [5, 5.41) is 5.67. The van der Waals surface area contributed by atoms with Gasteiger partial charge in [0.15, 0.2) is 0 Å². The fourth-order valence-corrected chi connectivity index (χ4v) is 2.21. The number of piperidine rings is 1. The van der Waals surface area contributed by atoms with E-state index in [1.54, 1.807) is 0 Å². The van der Waals surface area contributed by atoms with Crippen molar-refractivity contribution in [2.45, 2.75) is 31.3 Å². The molecule has 2 N–H and O–H groups in total. The first-order chi connectivity index (χ1) is 7.15. The highest BCUT2D eigenvalue weighted by Crippen LogP contribution is 2.11. The van der Waals surface area contributed by atoms with Crippen LogP contribution in [0.2, 0.25) is 0 Å². The van der Waals surface area contributed by atoms with Gasteiger partial charge in [-0.05, 0) is 26.4 Å². The number of amides is 2. The van der Waals surface area contributed by atoms with E-state index in [1.165, 1.54) is 0 Å². The molecule has 2 heterocycles. The first-order valence-electron chi connectivity index (χ1n) is 5.43. The van der Waals surface area contributed by atoms with Crippen LogP contribution in [0.5, 0.6) is 0 Å². The van der Waals surface area contributed by atoms with E-state index in [4.69, 9.17) is 0 Å². The number of imide groups is 1. The molecule has 0 aromatic heterocycles. The SMILES string of the molecule is CN1CCC(NC2CCC(=O)NC2=O)C1. The molecule has 84 valence electrons. The number of likely N-dealkylation sites (tertiary alicyclic amines) is 1. The molecular formula is C10H17N3O2. The standard InChI is InChI=1S/C10H17N3O2/c1-13-5-4-7(6-13)11-8-2-3-9(14)12-10(8)15/h7-8,11H,2-6H2,1H3,(H,12,14,15). The highest BCUT2D eigenvalue weighted by molar-refractivity contribution is 6.00. The summed E-state index contributed by atoms with van der Waals surface area (Å²) in [7, 11) is 2.08. The first-order valence-corrected chi connectivity index (χ1v) is 5.43. The molecule has 0 aromatic carbocycles. The average Bonchev–Trinajstić information content (AvgIpc) is 2.56. The van der Waals surface area contributed by atoms with Crippen molar-refractivity contribution in [3.8, 4) is 0 Å². The number of hydrogen-bond acceptors (Lipinski definition) is 4. The number of carbonyl (C=O) groups is 2. The van der Waals surface area contributed by atoms with Gasteiger partial charge in [0.05, 0.1) is 6.04 Å². The summed E-state index contributed by atoms with van der Waals surface area (Å²) in [5.74, 6) is -0.317. The van der Waals surface area contributed by atoms with Crippen molar-refractivity contribution < 1.29 is 9.59 Å². The lowest BCUT2D eigenvalue weighted by molar-refractivity contribution is -0.134. The molecule has 0 radical (unpaired) electrons. The van der Waals surface area contributed by atoms with Crippen molar-refractivity contribution >= 4 is 11.8 Å². The summed E-state index contributed by atoms with van der Waals surface area (Å²) < 4.78 is 0. The highest BCUT2D eigenvalue weighted by Gasteiger charge is 2.30. The van der Waals surface area contributed by atoms with Crippen molar-refractivity contribution in [1.82, 2.24) is 15.5 Å². The van der Waals surface area contributed by atoms with E-state index >= 15 is 0 Å². The summed E-state index contributed by atoms with van der Waals surface area (Å²) in [5.41, 5.74) is 0. The van der Waals surface area contributed by atoms with Gasteiger partial charge in [0.25, 0.3) is 0 Å². The molecule has 0 spiro atoms. The summed E-state index contributed by atoms with van der Waals surface area (Å²) in [6, 6.07) is 0.207. The molecule has 2 rings (SSSR count). The van der Waals surface area contributed by atoms with Gasteiger partial charge in [0, 0.05) is 19.0 Å². The van der Waals surface area contributed by atoms with Crippen LogP contribution in [0.3, 0.4) is 0 Å². The maximum atomic E-state index is 11.5. The van der Waals surface area contributed by atoms with E-state index in [0.29, 0.717) is 18.9 Å². The van der Waals surface area contributed by atoms with Gasteiger partial charge in [-0.1, -0.05) is 0 Å². The Morgan fingerprint density at radius 3 is 2.80 bits per heavy atom. The Bertz CT molecular complexity index is 280. The molecule has 2 fully saturated rings. The molecule has 0 aliphatic carbocycles. The molecular weight excluding hydrogens is 194 g/mol. The van der Waals surface area contributed by atoms with Gasteiger partial charge in [-0.3, -0.25) is 14.9 Å². The van der Waals surface area contributed by atoms with Gasteiger partial charge in [0.1, 0.15) is 0 Å². The van der Waals surface area contributed by atoms with Crippen LogP contribution >= 0.6 is 0 Å². The second-order valence-corrected chi connectivity index (χ2v) is 4.42. The number of nitrogens with one attached hydrogen (secondary N) is 2. The maximum Gasteiger partial charge on any atom is 0.243 e. The van der Waals surface area contributed by atoms with Gasteiger partial charge < -0.3 is 10.2 Å². The zero-order chi connectivity index (χ0) is 10.8. The minimum atomic E-state index is -0.181. The monoisotopic (exact) mass is 211 g/mol. The van der Waals surface area contributed by atoms with Crippen molar-refractivity contribution in [2.24, 2.45) is 0 Å². The van der Waals surface area contributed by atoms with E-state index < -0.39 is 0 Å². The van der Waals surface area contributed by atoms with Gasteiger partial charge in [-0.2, -0.15) is 0 Å². The van der Waals surface area contributed by atoms with E-state index in [0.717, 1.165) is 19.5 Å². The Hall–Kier alpha value is -0.940. The number of likely N-dealkylation sites (N-methyl/N-ethyl adjacent to an activating group) is 1. The molecule has 2 aliphatic rings. The normalized spacial score (nSPS) is 33.1. The predicted octanol–water partition coefficient (Wildman–Crippen LogP) is -0.915. The molecule has 0 aromatic rings. The van der Waals surface area contributed by atoms with Crippen LogP contribution < -0.4 is 10.6 Å². The molecule has 2 saturated heterocycles. The van der Waals surface area contributed by atoms with Gasteiger partial charge in [-0.25, -0.2) is 0 Å². The molecule has 2 unspecified atom stereocenters. The molecule has 0 bridgehead atoms. The summed E-state index contributed by atoms with van der Waals surface area (Å²) in [6.45, 7) is 2.06.